The van der Waals surface area contributed by atoms with Gasteiger partial charge in [-0.2, -0.15) is 0 Å². The van der Waals surface area contributed by atoms with Gasteiger partial charge in [0.1, 0.15) is 11.5 Å². The lowest BCUT2D eigenvalue weighted by Crippen LogP contribution is -2.28. The monoisotopic (exact) mass is 344 g/mol. The van der Waals surface area contributed by atoms with Crippen molar-refractivity contribution in [3.63, 3.8) is 0 Å². The first-order valence-electron chi connectivity index (χ1n) is 8.27. The Morgan fingerprint density at radius 2 is 2.04 bits per heavy atom. The second kappa shape index (κ2) is 8.37. The van der Waals surface area contributed by atoms with E-state index in [2.05, 4.69) is 10.6 Å². The van der Waals surface area contributed by atoms with Crippen molar-refractivity contribution in [2.24, 2.45) is 0 Å². The van der Waals surface area contributed by atoms with E-state index in [1.807, 2.05) is 39.0 Å². The molecule has 0 aliphatic carbocycles. The number of carbonyl (C=O) groups excluding carboxylic acids is 2. The predicted molar refractivity (Wildman–Crippen MR) is 94.7 cm³/mol. The highest BCUT2D eigenvalue weighted by Gasteiger charge is 2.18. The first kappa shape index (κ1) is 18.6. The normalized spacial score (nSPS) is 11.7. The van der Waals surface area contributed by atoms with Crippen molar-refractivity contribution in [3.8, 4) is 5.75 Å². The van der Waals surface area contributed by atoms with E-state index in [9.17, 15) is 9.59 Å². The third kappa shape index (κ3) is 4.86. The van der Waals surface area contributed by atoms with Crippen LogP contribution in [0, 0.1) is 13.8 Å². The summed E-state index contributed by atoms with van der Waals surface area (Å²) in [6.07, 6.45) is 1.57. The van der Waals surface area contributed by atoms with Gasteiger partial charge in [-0.3, -0.25) is 9.59 Å². The van der Waals surface area contributed by atoms with Gasteiger partial charge < -0.3 is 19.8 Å². The minimum Gasteiger partial charge on any atom is -0.484 e. The highest BCUT2D eigenvalue weighted by molar-refractivity contribution is 5.96. The molecule has 0 saturated carbocycles. The summed E-state index contributed by atoms with van der Waals surface area (Å²) in [7, 11) is 0. The van der Waals surface area contributed by atoms with Gasteiger partial charge in [0.2, 0.25) is 0 Å². The molecule has 1 atom stereocenters. The molecule has 134 valence electrons. The van der Waals surface area contributed by atoms with E-state index in [1.165, 1.54) is 0 Å². The quantitative estimate of drug-likeness (QED) is 0.809. The Morgan fingerprint density at radius 3 is 2.68 bits per heavy atom. The average Bonchev–Trinajstić information content (AvgIpc) is 2.92. The Balaban J connectivity index is 2.02. The van der Waals surface area contributed by atoms with Crippen LogP contribution in [0.5, 0.6) is 5.75 Å². The Kier molecular flexibility index (Phi) is 6.22. The second-order valence-electron chi connectivity index (χ2n) is 5.86. The molecule has 0 bridgehead atoms. The SMILES string of the molecule is CCNC(=O)COc1cccc([C@@H](C)NC(=O)c2c(C)coc2C)c1. The van der Waals surface area contributed by atoms with Gasteiger partial charge in [-0.25, -0.2) is 0 Å². The molecule has 2 aromatic rings. The summed E-state index contributed by atoms with van der Waals surface area (Å²) < 4.78 is 10.8. The topological polar surface area (TPSA) is 80.6 Å². The number of benzene rings is 1. The lowest BCUT2D eigenvalue weighted by atomic mass is 10.1. The molecule has 6 nitrogen and oxygen atoms in total. The van der Waals surface area contributed by atoms with Crippen LogP contribution >= 0.6 is 0 Å². The minimum absolute atomic E-state index is 0.0363. The van der Waals surface area contributed by atoms with Crippen molar-refractivity contribution < 1.29 is 18.7 Å². The van der Waals surface area contributed by atoms with Crippen LogP contribution in [0.1, 0.15) is 47.1 Å². The van der Waals surface area contributed by atoms with E-state index in [4.69, 9.17) is 9.15 Å². The fourth-order valence-corrected chi connectivity index (χ4v) is 2.53. The van der Waals surface area contributed by atoms with E-state index < -0.39 is 0 Å². The van der Waals surface area contributed by atoms with E-state index in [0.717, 1.165) is 11.1 Å². The van der Waals surface area contributed by atoms with Crippen LogP contribution in [0.2, 0.25) is 0 Å². The standard InChI is InChI=1S/C19H24N2O4/c1-5-20-17(22)11-25-16-8-6-7-15(9-16)13(3)21-19(23)18-12(2)10-24-14(18)4/h6-10,13H,5,11H2,1-4H3,(H,20,22)(H,21,23)/t13-/m1/s1. The maximum atomic E-state index is 12.4. The Hall–Kier alpha value is -2.76. The number of amides is 2. The molecule has 0 aliphatic heterocycles. The lowest BCUT2D eigenvalue weighted by Gasteiger charge is -2.16. The number of ether oxygens (including phenoxy) is 1. The lowest BCUT2D eigenvalue weighted by molar-refractivity contribution is -0.122. The van der Waals surface area contributed by atoms with Gasteiger partial charge in [-0.1, -0.05) is 12.1 Å². The first-order chi connectivity index (χ1) is 11.9. The molecule has 2 rings (SSSR count). The van der Waals surface area contributed by atoms with Crippen LogP contribution in [-0.4, -0.2) is 25.0 Å². The maximum absolute atomic E-state index is 12.4. The van der Waals surface area contributed by atoms with Gasteiger partial charge >= 0.3 is 0 Å². The van der Waals surface area contributed by atoms with Crippen molar-refractivity contribution in [1.29, 1.82) is 0 Å². The molecular formula is C19H24N2O4. The summed E-state index contributed by atoms with van der Waals surface area (Å²) in [5, 5.41) is 5.63. The molecule has 0 aliphatic rings. The van der Waals surface area contributed by atoms with Crippen LogP contribution < -0.4 is 15.4 Å². The number of hydrogen-bond donors (Lipinski definition) is 2. The van der Waals surface area contributed by atoms with Crippen LogP contribution in [0.25, 0.3) is 0 Å². The largest absolute Gasteiger partial charge is 0.484 e. The summed E-state index contributed by atoms with van der Waals surface area (Å²) in [5.41, 5.74) is 2.26. The zero-order valence-corrected chi connectivity index (χ0v) is 15.0. The number of rotatable bonds is 7. The molecule has 25 heavy (non-hydrogen) atoms. The third-order valence-electron chi connectivity index (χ3n) is 3.84. The predicted octanol–water partition coefficient (Wildman–Crippen LogP) is 2.90. The van der Waals surface area contributed by atoms with Gasteiger partial charge in [0.05, 0.1) is 17.9 Å². The molecule has 0 fully saturated rings. The van der Waals surface area contributed by atoms with Crippen molar-refractivity contribution in [1.82, 2.24) is 10.6 Å². The Bertz CT molecular complexity index is 732. The van der Waals surface area contributed by atoms with Gasteiger partial charge in [-0.15, -0.1) is 0 Å². The number of hydrogen-bond acceptors (Lipinski definition) is 4. The van der Waals surface area contributed by atoms with Crippen LogP contribution in [-0.2, 0) is 4.79 Å². The van der Waals surface area contributed by atoms with Crippen LogP contribution in [0.15, 0.2) is 34.9 Å². The van der Waals surface area contributed by atoms with Crippen molar-refractivity contribution in [2.75, 3.05) is 13.2 Å². The van der Waals surface area contributed by atoms with Crippen LogP contribution in [0.3, 0.4) is 0 Å². The zero-order chi connectivity index (χ0) is 18.4. The number of furan rings is 1. The molecule has 0 radical (unpaired) electrons. The number of carbonyl (C=O) groups is 2. The number of aryl methyl sites for hydroxylation is 2. The van der Waals surface area contributed by atoms with Crippen molar-refractivity contribution in [2.45, 2.75) is 33.7 Å². The number of nitrogens with one attached hydrogen (secondary N) is 2. The average molecular weight is 344 g/mol. The molecular weight excluding hydrogens is 320 g/mol. The minimum atomic E-state index is -0.214. The summed E-state index contributed by atoms with van der Waals surface area (Å²) in [6, 6.07) is 7.12. The fraction of sp³-hybridized carbons (Fsp3) is 0.368. The van der Waals surface area contributed by atoms with E-state index >= 15 is 0 Å². The molecule has 2 amide bonds. The summed E-state index contributed by atoms with van der Waals surface area (Å²) >= 11 is 0. The second-order valence-corrected chi connectivity index (χ2v) is 5.86. The molecule has 6 heteroatoms. The van der Waals surface area contributed by atoms with Gasteiger partial charge in [0.25, 0.3) is 11.8 Å². The molecule has 1 aromatic carbocycles. The molecule has 0 saturated heterocycles. The summed E-state index contributed by atoms with van der Waals surface area (Å²) in [5.74, 6) is 0.840. The number of likely N-dealkylation sites (N-methyl/N-ethyl adjacent to an activating group) is 1. The molecule has 1 aromatic heterocycles. The van der Waals surface area contributed by atoms with E-state index in [-0.39, 0.29) is 24.5 Å². The smallest absolute Gasteiger partial charge is 0.257 e. The molecule has 0 spiro atoms. The van der Waals surface area contributed by atoms with Crippen LogP contribution in [0.4, 0.5) is 0 Å². The summed E-state index contributed by atoms with van der Waals surface area (Å²) in [4.78, 5) is 23.9. The maximum Gasteiger partial charge on any atom is 0.257 e. The van der Waals surface area contributed by atoms with Gasteiger partial charge in [0, 0.05) is 12.1 Å². The Labute approximate surface area is 147 Å². The first-order valence-corrected chi connectivity index (χ1v) is 8.27. The highest BCUT2D eigenvalue weighted by Crippen LogP contribution is 2.21. The third-order valence-corrected chi connectivity index (χ3v) is 3.84. The summed E-state index contributed by atoms with van der Waals surface area (Å²) in [6.45, 7) is 7.88. The van der Waals surface area contributed by atoms with Gasteiger partial charge in [0.15, 0.2) is 6.61 Å². The highest BCUT2D eigenvalue weighted by atomic mass is 16.5. The zero-order valence-electron chi connectivity index (χ0n) is 15.0. The van der Waals surface area contributed by atoms with E-state index in [0.29, 0.717) is 23.6 Å². The van der Waals surface area contributed by atoms with Gasteiger partial charge in [-0.05, 0) is 45.4 Å². The van der Waals surface area contributed by atoms with E-state index in [1.54, 1.807) is 19.3 Å². The fourth-order valence-electron chi connectivity index (χ4n) is 2.53. The molecule has 0 unspecified atom stereocenters. The van der Waals surface area contributed by atoms with Crippen molar-refractivity contribution >= 4 is 11.8 Å². The molecule has 2 N–H and O–H groups in total. The Morgan fingerprint density at radius 1 is 1.28 bits per heavy atom. The molecule has 1 heterocycles. The van der Waals surface area contributed by atoms with Crippen molar-refractivity contribution in [3.05, 3.63) is 53.0 Å².